The number of hydrogen-bond donors (Lipinski definition) is 2. The summed E-state index contributed by atoms with van der Waals surface area (Å²) >= 11 is 1.24. The van der Waals surface area contributed by atoms with Crippen LogP contribution in [0, 0.1) is 10.1 Å². The number of aromatic nitrogens is 1. The normalized spacial score (nSPS) is 13.5. The molecule has 0 spiro atoms. The van der Waals surface area contributed by atoms with Crippen molar-refractivity contribution in [3.05, 3.63) is 76.2 Å². The number of benzene rings is 2. The number of nitrogens with one attached hydrogen (secondary N) is 2. The number of nitro benzene ring substituents is 1. The number of furan rings is 1. The fraction of sp³-hybridized carbons (Fsp3) is 0.174. The van der Waals surface area contributed by atoms with Crippen molar-refractivity contribution in [1.29, 1.82) is 0 Å². The zero-order valence-electron chi connectivity index (χ0n) is 18.2. The Morgan fingerprint density at radius 2 is 1.89 bits per heavy atom. The number of hydrogen-bond acceptors (Lipinski definition) is 9. The first-order valence-electron chi connectivity index (χ1n) is 10.7. The topological polar surface area (TPSA) is 140 Å². The number of non-ortho nitro benzene ring substituents is 1. The van der Waals surface area contributed by atoms with Crippen LogP contribution in [0.15, 0.2) is 59.2 Å². The molecule has 3 heterocycles. The van der Waals surface area contributed by atoms with Gasteiger partial charge in [0.15, 0.2) is 10.9 Å². The van der Waals surface area contributed by atoms with E-state index in [9.17, 15) is 19.7 Å². The zero-order valence-corrected chi connectivity index (χ0v) is 19.0. The van der Waals surface area contributed by atoms with Crippen LogP contribution >= 0.6 is 11.3 Å². The lowest BCUT2D eigenvalue weighted by Gasteiger charge is -2.30. The Kier molecular flexibility index (Phi) is 6.12. The van der Waals surface area contributed by atoms with E-state index in [4.69, 9.17) is 9.15 Å². The number of fused-ring (bicyclic) bond motifs is 1. The smallest absolute Gasteiger partial charge is 0.293 e. The Hall–Kier alpha value is -4.29. The van der Waals surface area contributed by atoms with E-state index in [-0.39, 0.29) is 17.0 Å². The van der Waals surface area contributed by atoms with Crippen molar-refractivity contribution in [2.45, 2.75) is 0 Å². The molecule has 178 valence electrons. The number of anilines is 3. The van der Waals surface area contributed by atoms with Gasteiger partial charge in [-0.25, -0.2) is 4.98 Å². The second kappa shape index (κ2) is 9.52. The first-order valence-corrected chi connectivity index (χ1v) is 11.5. The summed E-state index contributed by atoms with van der Waals surface area (Å²) in [7, 11) is 0. The first kappa shape index (κ1) is 22.5. The molecule has 1 aliphatic rings. The summed E-state index contributed by atoms with van der Waals surface area (Å²) in [6.45, 7) is 2.19. The molecule has 11 nitrogen and oxygen atoms in total. The maximum Gasteiger partial charge on any atom is 0.293 e. The van der Waals surface area contributed by atoms with E-state index in [2.05, 4.69) is 15.6 Å². The van der Waals surface area contributed by atoms with Crippen molar-refractivity contribution in [2.75, 3.05) is 41.8 Å². The predicted molar refractivity (Wildman–Crippen MR) is 130 cm³/mol. The number of amides is 2. The number of nitro groups is 1. The number of nitrogens with zero attached hydrogens (tertiary/aromatic N) is 3. The largest absolute Gasteiger partial charge is 0.459 e. The minimum absolute atomic E-state index is 0.165. The number of morpholine rings is 1. The Bertz CT molecular complexity index is 1410. The quantitative estimate of drug-likeness (QED) is 0.302. The lowest BCUT2D eigenvalue weighted by molar-refractivity contribution is -0.384. The van der Waals surface area contributed by atoms with Crippen LogP contribution in [-0.2, 0) is 4.74 Å². The van der Waals surface area contributed by atoms with E-state index in [1.807, 2.05) is 4.90 Å². The Morgan fingerprint density at radius 1 is 1.06 bits per heavy atom. The van der Waals surface area contributed by atoms with E-state index < -0.39 is 16.7 Å². The molecule has 12 heteroatoms. The molecule has 2 N–H and O–H groups in total. The van der Waals surface area contributed by atoms with Gasteiger partial charge in [-0.2, -0.15) is 0 Å². The maximum absolute atomic E-state index is 13.2. The highest BCUT2D eigenvalue weighted by molar-refractivity contribution is 7.22. The lowest BCUT2D eigenvalue weighted by Crippen LogP contribution is -2.37. The van der Waals surface area contributed by atoms with Crippen molar-refractivity contribution in [1.82, 2.24) is 4.98 Å². The molecule has 1 saturated heterocycles. The predicted octanol–water partition coefficient (Wildman–Crippen LogP) is 4.14. The summed E-state index contributed by atoms with van der Waals surface area (Å²) in [5.74, 6) is -0.709. The molecule has 35 heavy (non-hydrogen) atoms. The fourth-order valence-corrected chi connectivity index (χ4v) is 4.62. The molecule has 0 unspecified atom stereocenters. The SMILES string of the molecule is O=C(Nc1nc2ccc(NC(=O)c3cc([N+](=O)[O-])ccc3N3CCOCC3)cc2s1)c1ccco1. The van der Waals surface area contributed by atoms with Crippen LogP contribution in [0.4, 0.5) is 22.2 Å². The Morgan fingerprint density at radius 3 is 2.63 bits per heavy atom. The minimum Gasteiger partial charge on any atom is -0.459 e. The van der Waals surface area contributed by atoms with Gasteiger partial charge in [-0.3, -0.25) is 25.0 Å². The van der Waals surface area contributed by atoms with Gasteiger partial charge in [0.2, 0.25) is 0 Å². The van der Waals surface area contributed by atoms with Gasteiger partial charge >= 0.3 is 0 Å². The molecular formula is C23H19N5O6S. The summed E-state index contributed by atoms with van der Waals surface area (Å²) in [4.78, 5) is 42.6. The number of ether oxygens (including phenoxy) is 1. The van der Waals surface area contributed by atoms with Crippen molar-refractivity contribution < 1.29 is 23.7 Å². The standard InChI is InChI=1S/C23H19N5O6S/c29-21(16-13-15(28(31)32)4-6-18(16)27-7-10-33-11-8-27)24-14-3-5-17-20(12-14)35-23(25-17)26-22(30)19-2-1-9-34-19/h1-6,9,12-13H,7-8,10-11H2,(H,24,29)(H,25,26,30). The molecule has 0 radical (unpaired) electrons. The highest BCUT2D eigenvalue weighted by Gasteiger charge is 2.22. The number of thiazole rings is 1. The number of carbonyl (C=O) groups is 2. The maximum atomic E-state index is 13.2. The minimum atomic E-state index is -0.526. The van der Waals surface area contributed by atoms with Gasteiger partial charge < -0.3 is 19.4 Å². The second-order valence-electron chi connectivity index (χ2n) is 7.65. The van der Waals surface area contributed by atoms with Gasteiger partial charge in [0.05, 0.1) is 45.9 Å². The van der Waals surface area contributed by atoms with Crippen LogP contribution in [-0.4, -0.2) is 48.0 Å². The summed E-state index contributed by atoms with van der Waals surface area (Å²) in [6.07, 6.45) is 1.41. The lowest BCUT2D eigenvalue weighted by atomic mass is 10.1. The van der Waals surface area contributed by atoms with Crippen LogP contribution in [0.3, 0.4) is 0 Å². The van der Waals surface area contributed by atoms with Gasteiger partial charge in [0, 0.05) is 30.9 Å². The van der Waals surface area contributed by atoms with E-state index in [0.717, 1.165) is 4.70 Å². The molecular weight excluding hydrogens is 474 g/mol. The van der Waals surface area contributed by atoms with Crippen LogP contribution < -0.4 is 15.5 Å². The van der Waals surface area contributed by atoms with Crippen LogP contribution in [0.2, 0.25) is 0 Å². The fourth-order valence-electron chi connectivity index (χ4n) is 3.72. The molecule has 0 bridgehead atoms. The third-order valence-corrected chi connectivity index (χ3v) is 6.33. The van der Waals surface area contributed by atoms with Crippen LogP contribution in [0.1, 0.15) is 20.9 Å². The van der Waals surface area contributed by atoms with Crippen molar-refractivity contribution in [3.8, 4) is 0 Å². The molecule has 1 fully saturated rings. The molecule has 4 aromatic rings. The number of rotatable bonds is 6. The molecule has 0 atom stereocenters. The van der Waals surface area contributed by atoms with E-state index >= 15 is 0 Å². The third-order valence-electron chi connectivity index (χ3n) is 5.40. The monoisotopic (exact) mass is 493 g/mol. The van der Waals surface area contributed by atoms with Gasteiger partial charge in [0.25, 0.3) is 17.5 Å². The number of carbonyl (C=O) groups excluding carboxylic acids is 2. The Labute approximate surface area is 202 Å². The van der Waals surface area contributed by atoms with E-state index in [0.29, 0.717) is 48.3 Å². The zero-order chi connectivity index (χ0) is 24.4. The van der Waals surface area contributed by atoms with Gasteiger partial charge in [-0.05, 0) is 36.4 Å². The highest BCUT2D eigenvalue weighted by Crippen LogP contribution is 2.31. The second-order valence-corrected chi connectivity index (χ2v) is 8.68. The van der Waals surface area contributed by atoms with E-state index in [1.165, 1.54) is 29.7 Å². The molecule has 0 saturated carbocycles. The van der Waals surface area contributed by atoms with Gasteiger partial charge in [-0.15, -0.1) is 0 Å². The summed E-state index contributed by atoms with van der Waals surface area (Å²) in [6, 6.07) is 12.6. The summed E-state index contributed by atoms with van der Waals surface area (Å²) in [5, 5.41) is 17.2. The van der Waals surface area contributed by atoms with E-state index in [1.54, 1.807) is 36.4 Å². The molecule has 2 amide bonds. The first-order chi connectivity index (χ1) is 17.0. The molecule has 0 aliphatic carbocycles. The van der Waals surface area contributed by atoms with Crippen LogP contribution in [0.5, 0.6) is 0 Å². The van der Waals surface area contributed by atoms with Crippen molar-refractivity contribution in [2.24, 2.45) is 0 Å². The summed E-state index contributed by atoms with van der Waals surface area (Å²) < 4.78 is 11.2. The Balaban J connectivity index is 1.38. The molecule has 1 aliphatic heterocycles. The molecule has 2 aromatic heterocycles. The molecule has 5 rings (SSSR count). The van der Waals surface area contributed by atoms with Crippen molar-refractivity contribution in [3.63, 3.8) is 0 Å². The molecule has 2 aromatic carbocycles. The average molecular weight is 494 g/mol. The third kappa shape index (κ3) is 4.83. The van der Waals surface area contributed by atoms with Gasteiger partial charge in [-0.1, -0.05) is 11.3 Å². The average Bonchev–Trinajstić information content (AvgIpc) is 3.54. The summed E-state index contributed by atoms with van der Waals surface area (Å²) in [5.41, 5.74) is 1.79. The van der Waals surface area contributed by atoms with Crippen molar-refractivity contribution >= 4 is 55.6 Å². The highest BCUT2D eigenvalue weighted by atomic mass is 32.1. The van der Waals surface area contributed by atoms with Crippen LogP contribution in [0.25, 0.3) is 10.2 Å². The van der Waals surface area contributed by atoms with Gasteiger partial charge in [0.1, 0.15) is 0 Å².